The molecule has 1 unspecified atom stereocenters. The zero-order valence-corrected chi connectivity index (χ0v) is 8.70. The van der Waals surface area contributed by atoms with Gasteiger partial charge in [0.2, 0.25) is 0 Å². The Hall–Kier alpha value is -0.760. The van der Waals surface area contributed by atoms with Crippen LogP contribution in [0.1, 0.15) is 50.9 Å². The Morgan fingerprint density at radius 2 is 2.21 bits per heavy atom. The van der Waals surface area contributed by atoms with Gasteiger partial charge in [0.25, 0.3) is 0 Å². The van der Waals surface area contributed by atoms with Crippen LogP contribution >= 0.6 is 0 Å². The highest BCUT2D eigenvalue weighted by atomic mass is 16.4. The fourth-order valence-electron chi connectivity index (χ4n) is 2.65. The van der Waals surface area contributed by atoms with Crippen molar-refractivity contribution in [1.29, 1.82) is 0 Å². The van der Waals surface area contributed by atoms with Gasteiger partial charge in [-0.25, -0.2) is 0 Å². The molecule has 1 aromatic rings. The maximum atomic E-state index is 10.3. The van der Waals surface area contributed by atoms with Crippen molar-refractivity contribution in [2.75, 3.05) is 0 Å². The van der Waals surface area contributed by atoms with Crippen LogP contribution in [0, 0.1) is 5.41 Å². The summed E-state index contributed by atoms with van der Waals surface area (Å²) >= 11 is 0. The third-order valence-corrected chi connectivity index (χ3v) is 3.70. The van der Waals surface area contributed by atoms with E-state index in [2.05, 4.69) is 6.92 Å². The number of hydrogen-bond acceptors (Lipinski definition) is 2. The smallest absolute Gasteiger partial charge is 0.132 e. The SMILES string of the molecule is CCC1(C(O)c2ccco2)CCCC1. The summed E-state index contributed by atoms with van der Waals surface area (Å²) in [6, 6.07) is 3.72. The van der Waals surface area contributed by atoms with Crippen molar-refractivity contribution in [3.05, 3.63) is 24.2 Å². The van der Waals surface area contributed by atoms with Gasteiger partial charge in [-0.2, -0.15) is 0 Å². The summed E-state index contributed by atoms with van der Waals surface area (Å²) in [5.74, 6) is 0.730. The second-order valence-electron chi connectivity index (χ2n) is 4.34. The highest BCUT2D eigenvalue weighted by Gasteiger charge is 2.40. The van der Waals surface area contributed by atoms with E-state index in [0.717, 1.165) is 25.0 Å². The zero-order chi connectivity index (χ0) is 10.0. The average Bonchev–Trinajstić information content (AvgIpc) is 2.89. The summed E-state index contributed by atoms with van der Waals surface area (Å²) in [6.07, 6.45) is 7.00. The standard InChI is InChI=1S/C12H18O2/c1-2-12(7-3-4-8-12)11(13)10-6-5-9-14-10/h5-6,9,11,13H,2-4,7-8H2,1H3. The highest BCUT2D eigenvalue weighted by Crippen LogP contribution is 2.49. The van der Waals surface area contributed by atoms with Gasteiger partial charge >= 0.3 is 0 Å². The van der Waals surface area contributed by atoms with Crippen LogP contribution in [0.25, 0.3) is 0 Å². The maximum Gasteiger partial charge on any atom is 0.132 e. The summed E-state index contributed by atoms with van der Waals surface area (Å²) in [5, 5.41) is 10.3. The first-order valence-electron chi connectivity index (χ1n) is 5.50. The molecule has 0 spiro atoms. The average molecular weight is 194 g/mol. The molecule has 1 aliphatic rings. The van der Waals surface area contributed by atoms with E-state index in [-0.39, 0.29) is 5.41 Å². The Labute approximate surface area is 84.9 Å². The van der Waals surface area contributed by atoms with Gasteiger partial charge in [-0.15, -0.1) is 0 Å². The minimum absolute atomic E-state index is 0.0812. The van der Waals surface area contributed by atoms with Crippen LogP contribution in [0.2, 0.25) is 0 Å². The fraction of sp³-hybridized carbons (Fsp3) is 0.667. The van der Waals surface area contributed by atoms with E-state index in [4.69, 9.17) is 4.42 Å². The third kappa shape index (κ3) is 1.48. The highest BCUT2D eigenvalue weighted by molar-refractivity contribution is 5.07. The first-order chi connectivity index (χ1) is 6.78. The second kappa shape index (κ2) is 3.77. The maximum absolute atomic E-state index is 10.3. The molecule has 1 atom stereocenters. The van der Waals surface area contributed by atoms with Gasteiger partial charge in [-0.05, 0) is 31.4 Å². The van der Waals surface area contributed by atoms with Crippen molar-refractivity contribution >= 4 is 0 Å². The predicted octanol–water partition coefficient (Wildman–Crippen LogP) is 3.28. The lowest BCUT2D eigenvalue weighted by Crippen LogP contribution is -2.24. The first kappa shape index (κ1) is 9.78. The summed E-state index contributed by atoms with van der Waals surface area (Å²) < 4.78 is 5.28. The molecule has 0 aliphatic heterocycles. The molecule has 0 bridgehead atoms. The van der Waals surface area contributed by atoms with Gasteiger partial charge in [-0.1, -0.05) is 19.8 Å². The molecule has 2 nitrogen and oxygen atoms in total. The first-order valence-corrected chi connectivity index (χ1v) is 5.50. The van der Waals surface area contributed by atoms with Crippen LogP contribution in [0.3, 0.4) is 0 Å². The van der Waals surface area contributed by atoms with Gasteiger partial charge in [0.1, 0.15) is 11.9 Å². The summed E-state index contributed by atoms with van der Waals surface area (Å²) in [7, 11) is 0. The molecule has 1 N–H and O–H groups in total. The zero-order valence-electron chi connectivity index (χ0n) is 8.70. The van der Waals surface area contributed by atoms with E-state index in [0.29, 0.717) is 0 Å². The molecule has 14 heavy (non-hydrogen) atoms. The molecular formula is C12H18O2. The molecule has 1 saturated carbocycles. The lowest BCUT2D eigenvalue weighted by atomic mass is 9.77. The number of rotatable bonds is 3. The Bertz CT molecular complexity index is 271. The number of hydrogen-bond donors (Lipinski definition) is 1. The van der Waals surface area contributed by atoms with E-state index in [1.54, 1.807) is 6.26 Å². The molecule has 0 aromatic carbocycles. The molecule has 0 amide bonds. The van der Waals surface area contributed by atoms with E-state index >= 15 is 0 Å². The summed E-state index contributed by atoms with van der Waals surface area (Å²) in [6.45, 7) is 2.16. The Balaban J connectivity index is 2.19. The van der Waals surface area contributed by atoms with Gasteiger partial charge in [0.05, 0.1) is 6.26 Å². The van der Waals surface area contributed by atoms with Crippen molar-refractivity contribution in [3.63, 3.8) is 0 Å². The van der Waals surface area contributed by atoms with Gasteiger partial charge in [0, 0.05) is 5.41 Å². The van der Waals surface area contributed by atoms with Crippen LogP contribution in [0.4, 0.5) is 0 Å². The molecule has 1 fully saturated rings. The molecule has 1 heterocycles. The molecule has 1 aliphatic carbocycles. The third-order valence-electron chi connectivity index (χ3n) is 3.70. The summed E-state index contributed by atoms with van der Waals surface area (Å²) in [4.78, 5) is 0. The van der Waals surface area contributed by atoms with Gasteiger partial charge in [-0.3, -0.25) is 0 Å². The molecule has 0 saturated heterocycles. The summed E-state index contributed by atoms with van der Waals surface area (Å²) in [5.41, 5.74) is 0.0812. The lowest BCUT2D eigenvalue weighted by molar-refractivity contribution is 0.00769. The van der Waals surface area contributed by atoms with Crippen molar-refractivity contribution in [2.45, 2.75) is 45.1 Å². The van der Waals surface area contributed by atoms with Gasteiger partial charge in [0.15, 0.2) is 0 Å². The van der Waals surface area contributed by atoms with Crippen LogP contribution in [0.15, 0.2) is 22.8 Å². The van der Waals surface area contributed by atoms with E-state index in [1.165, 1.54) is 12.8 Å². The molecular weight excluding hydrogens is 176 g/mol. The number of aliphatic hydroxyl groups excluding tert-OH is 1. The topological polar surface area (TPSA) is 33.4 Å². The quantitative estimate of drug-likeness (QED) is 0.801. The van der Waals surface area contributed by atoms with Crippen molar-refractivity contribution in [1.82, 2.24) is 0 Å². The molecule has 2 heteroatoms. The van der Waals surface area contributed by atoms with Crippen molar-refractivity contribution in [2.24, 2.45) is 5.41 Å². The van der Waals surface area contributed by atoms with Gasteiger partial charge < -0.3 is 9.52 Å². The lowest BCUT2D eigenvalue weighted by Gasteiger charge is -2.31. The molecule has 1 aromatic heterocycles. The van der Waals surface area contributed by atoms with Crippen LogP contribution in [0.5, 0.6) is 0 Å². The van der Waals surface area contributed by atoms with E-state index in [9.17, 15) is 5.11 Å². The minimum Gasteiger partial charge on any atom is -0.467 e. The van der Waals surface area contributed by atoms with Crippen LogP contribution in [-0.4, -0.2) is 5.11 Å². The number of furan rings is 1. The Morgan fingerprint density at radius 3 is 2.71 bits per heavy atom. The Morgan fingerprint density at radius 1 is 1.50 bits per heavy atom. The predicted molar refractivity (Wildman–Crippen MR) is 54.9 cm³/mol. The van der Waals surface area contributed by atoms with Crippen molar-refractivity contribution in [3.8, 4) is 0 Å². The number of aliphatic hydroxyl groups is 1. The van der Waals surface area contributed by atoms with Crippen LogP contribution < -0.4 is 0 Å². The Kier molecular flexibility index (Phi) is 2.64. The monoisotopic (exact) mass is 194 g/mol. The normalized spacial score (nSPS) is 22.4. The second-order valence-corrected chi connectivity index (χ2v) is 4.34. The van der Waals surface area contributed by atoms with Crippen LogP contribution in [-0.2, 0) is 0 Å². The molecule has 0 radical (unpaired) electrons. The van der Waals surface area contributed by atoms with E-state index < -0.39 is 6.10 Å². The minimum atomic E-state index is -0.412. The molecule has 78 valence electrons. The largest absolute Gasteiger partial charge is 0.467 e. The van der Waals surface area contributed by atoms with Crippen molar-refractivity contribution < 1.29 is 9.52 Å². The molecule has 2 rings (SSSR count). The van der Waals surface area contributed by atoms with E-state index in [1.807, 2.05) is 12.1 Å². The fourth-order valence-corrected chi connectivity index (χ4v) is 2.65.